The Hall–Kier alpha value is -0.160. The molecular weight excluding hydrogens is 238 g/mol. The molecule has 3 unspecified atom stereocenters. The van der Waals surface area contributed by atoms with Crippen molar-refractivity contribution in [3.63, 3.8) is 0 Å². The summed E-state index contributed by atoms with van der Waals surface area (Å²) < 4.78 is 0. The number of piperidine rings is 1. The van der Waals surface area contributed by atoms with Crippen LogP contribution < -0.4 is 11.1 Å². The third-order valence-electron chi connectivity index (χ3n) is 4.85. The van der Waals surface area contributed by atoms with Crippen molar-refractivity contribution in [3.8, 4) is 0 Å². The summed E-state index contributed by atoms with van der Waals surface area (Å²) in [5.41, 5.74) is 5.71. The number of nitrogens with two attached hydrogens (primary N) is 1. The largest absolute Gasteiger partial charge is 0.393 e. The molecule has 3 atom stereocenters. The molecule has 0 aromatic carbocycles. The zero-order valence-electron chi connectivity index (χ0n) is 11.9. The first kappa shape index (κ1) is 13.8. The molecule has 3 fully saturated rings. The Bertz CT molecular complexity index is 291. The monoisotopic (exact) mass is 267 g/mol. The summed E-state index contributed by atoms with van der Waals surface area (Å²) in [5.74, 6) is 1.26. The van der Waals surface area contributed by atoms with E-state index in [9.17, 15) is 5.11 Å². The molecular formula is C15H29N3O. The minimum Gasteiger partial charge on any atom is -0.393 e. The normalized spacial score (nSPS) is 34.4. The van der Waals surface area contributed by atoms with Crippen molar-refractivity contribution >= 4 is 0 Å². The van der Waals surface area contributed by atoms with Crippen LogP contribution in [0.3, 0.4) is 0 Å². The number of aliphatic hydroxyl groups is 1. The molecule has 0 radical (unpaired) electrons. The molecule has 19 heavy (non-hydrogen) atoms. The average Bonchev–Trinajstić information content (AvgIpc) is 3.24. The molecule has 1 saturated heterocycles. The van der Waals surface area contributed by atoms with Crippen LogP contribution in [0.5, 0.6) is 0 Å². The van der Waals surface area contributed by atoms with Gasteiger partial charge in [-0.25, -0.2) is 0 Å². The van der Waals surface area contributed by atoms with Crippen molar-refractivity contribution in [1.29, 1.82) is 0 Å². The summed E-state index contributed by atoms with van der Waals surface area (Å²) >= 11 is 0. The van der Waals surface area contributed by atoms with Crippen LogP contribution in [0.25, 0.3) is 0 Å². The third kappa shape index (κ3) is 4.15. The van der Waals surface area contributed by atoms with Gasteiger partial charge in [0.05, 0.1) is 6.10 Å². The quantitative estimate of drug-likeness (QED) is 0.630. The van der Waals surface area contributed by atoms with E-state index >= 15 is 0 Å². The second-order valence-corrected chi connectivity index (χ2v) is 6.93. The van der Waals surface area contributed by atoms with Crippen molar-refractivity contribution in [2.24, 2.45) is 17.6 Å². The molecule has 1 heterocycles. The summed E-state index contributed by atoms with van der Waals surface area (Å²) in [6.45, 7) is 4.01. The van der Waals surface area contributed by atoms with E-state index in [1.54, 1.807) is 0 Å². The van der Waals surface area contributed by atoms with Crippen LogP contribution in [-0.2, 0) is 0 Å². The van der Waals surface area contributed by atoms with E-state index in [0.717, 1.165) is 38.6 Å². The van der Waals surface area contributed by atoms with Crippen LogP contribution in [0.1, 0.15) is 38.5 Å². The number of nitrogens with zero attached hydrogens (tertiary/aromatic N) is 1. The van der Waals surface area contributed by atoms with Gasteiger partial charge in [-0.3, -0.25) is 0 Å². The van der Waals surface area contributed by atoms with Crippen molar-refractivity contribution in [1.82, 2.24) is 10.2 Å². The predicted molar refractivity (Wildman–Crippen MR) is 76.9 cm³/mol. The SMILES string of the molecule is NCCN1CC(CC(O)C2CC2)CC(NC2CC2)C1. The molecule has 0 amide bonds. The first-order valence-corrected chi connectivity index (χ1v) is 8.11. The maximum Gasteiger partial charge on any atom is 0.0571 e. The van der Waals surface area contributed by atoms with Gasteiger partial charge in [0, 0.05) is 38.3 Å². The standard InChI is InChI=1S/C15H29N3O/c16-5-6-18-9-11(8-15(19)12-1-2-12)7-14(10-18)17-13-3-4-13/h11-15,17,19H,1-10,16H2. The lowest BCUT2D eigenvalue weighted by Crippen LogP contribution is -2.51. The lowest BCUT2D eigenvalue weighted by Gasteiger charge is -2.39. The molecule has 0 aromatic rings. The Kier molecular flexibility index (Phi) is 4.42. The summed E-state index contributed by atoms with van der Waals surface area (Å²) in [6.07, 6.45) is 7.36. The van der Waals surface area contributed by atoms with Crippen LogP contribution >= 0.6 is 0 Å². The summed E-state index contributed by atoms with van der Waals surface area (Å²) in [6, 6.07) is 1.39. The Morgan fingerprint density at radius 3 is 2.58 bits per heavy atom. The fraction of sp³-hybridized carbons (Fsp3) is 1.00. The lowest BCUT2D eigenvalue weighted by atomic mass is 9.88. The Labute approximate surface area is 116 Å². The van der Waals surface area contributed by atoms with Gasteiger partial charge in [0.15, 0.2) is 0 Å². The van der Waals surface area contributed by atoms with E-state index in [2.05, 4.69) is 10.2 Å². The highest BCUT2D eigenvalue weighted by atomic mass is 16.3. The number of likely N-dealkylation sites (tertiary alicyclic amines) is 1. The second kappa shape index (κ2) is 6.08. The van der Waals surface area contributed by atoms with E-state index < -0.39 is 0 Å². The van der Waals surface area contributed by atoms with Gasteiger partial charge < -0.3 is 21.1 Å². The topological polar surface area (TPSA) is 61.5 Å². The smallest absolute Gasteiger partial charge is 0.0571 e. The number of hydrogen-bond donors (Lipinski definition) is 3. The first-order valence-electron chi connectivity index (χ1n) is 8.11. The number of rotatable bonds is 7. The summed E-state index contributed by atoms with van der Waals surface area (Å²) in [7, 11) is 0. The molecule has 4 nitrogen and oxygen atoms in total. The van der Waals surface area contributed by atoms with E-state index in [1.807, 2.05) is 0 Å². The van der Waals surface area contributed by atoms with Gasteiger partial charge in [0.2, 0.25) is 0 Å². The van der Waals surface area contributed by atoms with Crippen molar-refractivity contribution in [2.75, 3.05) is 26.2 Å². The fourth-order valence-corrected chi connectivity index (χ4v) is 3.56. The van der Waals surface area contributed by atoms with Crippen LogP contribution in [0.2, 0.25) is 0 Å². The molecule has 3 aliphatic rings. The van der Waals surface area contributed by atoms with Crippen LogP contribution in [0.4, 0.5) is 0 Å². The van der Waals surface area contributed by atoms with Crippen LogP contribution in [0.15, 0.2) is 0 Å². The molecule has 1 aliphatic heterocycles. The minimum absolute atomic E-state index is 0.0515. The highest BCUT2D eigenvalue weighted by molar-refractivity contribution is 4.92. The van der Waals surface area contributed by atoms with Crippen LogP contribution in [0, 0.1) is 11.8 Å². The number of aliphatic hydroxyl groups excluding tert-OH is 1. The first-order chi connectivity index (χ1) is 9.24. The number of nitrogens with one attached hydrogen (secondary N) is 1. The van der Waals surface area contributed by atoms with Gasteiger partial charge in [-0.05, 0) is 50.4 Å². The molecule has 0 bridgehead atoms. The molecule has 4 heteroatoms. The van der Waals surface area contributed by atoms with E-state index in [1.165, 1.54) is 32.1 Å². The fourth-order valence-electron chi connectivity index (χ4n) is 3.56. The van der Waals surface area contributed by atoms with Crippen molar-refractivity contribution < 1.29 is 5.11 Å². The Balaban J connectivity index is 1.51. The van der Waals surface area contributed by atoms with E-state index in [-0.39, 0.29) is 6.10 Å². The van der Waals surface area contributed by atoms with E-state index in [4.69, 9.17) is 5.73 Å². The summed E-state index contributed by atoms with van der Waals surface area (Å²) in [4.78, 5) is 2.49. The Morgan fingerprint density at radius 2 is 1.95 bits per heavy atom. The molecule has 2 saturated carbocycles. The second-order valence-electron chi connectivity index (χ2n) is 6.93. The molecule has 2 aliphatic carbocycles. The lowest BCUT2D eigenvalue weighted by molar-refractivity contribution is 0.0757. The van der Waals surface area contributed by atoms with Gasteiger partial charge in [-0.1, -0.05) is 0 Å². The zero-order chi connectivity index (χ0) is 13.2. The molecule has 110 valence electrons. The molecule has 3 rings (SSSR count). The van der Waals surface area contributed by atoms with Gasteiger partial charge in [0.25, 0.3) is 0 Å². The van der Waals surface area contributed by atoms with Crippen molar-refractivity contribution in [3.05, 3.63) is 0 Å². The molecule has 0 spiro atoms. The minimum atomic E-state index is -0.0515. The van der Waals surface area contributed by atoms with Crippen LogP contribution in [-0.4, -0.2) is 54.4 Å². The molecule has 4 N–H and O–H groups in total. The van der Waals surface area contributed by atoms with Gasteiger partial charge in [-0.15, -0.1) is 0 Å². The zero-order valence-corrected chi connectivity index (χ0v) is 11.9. The van der Waals surface area contributed by atoms with E-state index in [0.29, 0.717) is 17.9 Å². The summed E-state index contributed by atoms with van der Waals surface area (Å²) in [5, 5.41) is 13.9. The maximum atomic E-state index is 10.2. The third-order valence-corrected chi connectivity index (χ3v) is 4.85. The number of hydrogen-bond acceptors (Lipinski definition) is 4. The maximum absolute atomic E-state index is 10.2. The highest BCUT2D eigenvalue weighted by Crippen LogP contribution is 2.36. The van der Waals surface area contributed by atoms with Gasteiger partial charge >= 0.3 is 0 Å². The average molecular weight is 267 g/mol. The predicted octanol–water partition coefficient (Wildman–Crippen LogP) is 0.549. The molecule has 0 aromatic heterocycles. The van der Waals surface area contributed by atoms with Gasteiger partial charge in [-0.2, -0.15) is 0 Å². The Morgan fingerprint density at radius 1 is 1.16 bits per heavy atom. The highest BCUT2D eigenvalue weighted by Gasteiger charge is 2.35. The van der Waals surface area contributed by atoms with Crippen molar-refractivity contribution in [2.45, 2.75) is 56.7 Å². The van der Waals surface area contributed by atoms with Gasteiger partial charge in [0.1, 0.15) is 0 Å².